The van der Waals surface area contributed by atoms with E-state index in [1.54, 1.807) is 22.7 Å². The molecule has 2 fully saturated rings. The number of hydrogen-bond donors (Lipinski definition) is 1. The zero-order valence-corrected chi connectivity index (χ0v) is 25.2. The number of carbonyl (C=O) groups is 3. The summed E-state index contributed by atoms with van der Waals surface area (Å²) >= 11 is 3.36. The maximum absolute atomic E-state index is 13.9. The summed E-state index contributed by atoms with van der Waals surface area (Å²) in [5.41, 5.74) is 4.17. The fourth-order valence-corrected chi connectivity index (χ4v) is 6.61. The molecule has 1 aliphatic carbocycles. The van der Waals surface area contributed by atoms with E-state index >= 15 is 0 Å². The maximum atomic E-state index is 13.9. The number of amides is 2. The second-order valence-electron chi connectivity index (χ2n) is 11.7. The summed E-state index contributed by atoms with van der Waals surface area (Å²) in [5, 5.41) is 8.16. The summed E-state index contributed by atoms with van der Waals surface area (Å²) in [4.78, 5) is 54.9. The first kappa shape index (κ1) is 26.7. The van der Waals surface area contributed by atoms with E-state index in [-0.39, 0.29) is 41.3 Å². The predicted octanol–water partition coefficient (Wildman–Crippen LogP) is 4.38. The molecule has 3 aliphatic rings. The lowest BCUT2D eigenvalue weighted by Crippen LogP contribution is -2.47. The third-order valence-corrected chi connectivity index (χ3v) is 9.09. The number of aryl methyl sites for hydroxylation is 2. The Morgan fingerprint density at radius 2 is 1.95 bits per heavy atom. The molecule has 3 aromatic heterocycles. The zero-order chi connectivity index (χ0) is 29.5. The Kier molecular flexibility index (Phi) is 5.98. The molecule has 2 aliphatic heterocycles. The molecular formula is C30H28BrN7O4. The van der Waals surface area contributed by atoms with Gasteiger partial charge in [-0.15, -0.1) is 0 Å². The second-order valence-corrected chi connectivity index (χ2v) is 12.5. The minimum Gasteiger partial charge on any atom is -0.472 e. The first-order valence-electron chi connectivity index (χ1n) is 13.8. The standard InChI is InChI=1S/C30H28BrN7O4/c1-14-5-6-24(31)34-27(14)35-28(41)22-9-30(4)10-23(30)38(22)25(40)12-37-21-7-17-13-42-29-20(11-32-16(3)33-29)18(17)8-19(21)26(36-37)15(2)39/h5-8,11,22-23H,9-10,12-13H2,1-4H3,(H,34,35,41)/t22-,23+,30-/m0/s1. The first-order chi connectivity index (χ1) is 20.0. The number of aromatic nitrogens is 5. The van der Waals surface area contributed by atoms with Gasteiger partial charge in [0, 0.05) is 24.5 Å². The van der Waals surface area contributed by atoms with Crippen molar-refractivity contribution < 1.29 is 19.1 Å². The van der Waals surface area contributed by atoms with Gasteiger partial charge in [-0.1, -0.05) is 13.0 Å². The molecule has 1 aromatic carbocycles. The van der Waals surface area contributed by atoms with Gasteiger partial charge in [0.1, 0.15) is 41.1 Å². The van der Waals surface area contributed by atoms with Crippen LogP contribution in [0.2, 0.25) is 0 Å². The number of halogens is 1. The summed E-state index contributed by atoms with van der Waals surface area (Å²) in [6.07, 6.45) is 3.15. The summed E-state index contributed by atoms with van der Waals surface area (Å²) in [7, 11) is 0. The number of Topliss-reactive ketones (excluding diaryl/α,β-unsaturated/α-hetero) is 1. The van der Waals surface area contributed by atoms with Gasteiger partial charge >= 0.3 is 0 Å². The van der Waals surface area contributed by atoms with Gasteiger partial charge in [0.2, 0.25) is 17.7 Å². The monoisotopic (exact) mass is 629 g/mol. The van der Waals surface area contributed by atoms with Gasteiger partial charge in [0.25, 0.3) is 0 Å². The van der Waals surface area contributed by atoms with E-state index in [0.29, 0.717) is 46.1 Å². The smallest absolute Gasteiger partial charge is 0.248 e. The van der Waals surface area contributed by atoms with E-state index in [0.717, 1.165) is 28.7 Å². The van der Waals surface area contributed by atoms with Gasteiger partial charge in [-0.2, -0.15) is 10.1 Å². The molecule has 4 aromatic rings. The minimum absolute atomic E-state index is 0.0208. The van der Waals surface area contributed by atoms with E-state index in [1.807, 2.05) is 31.2 Å². The number of rotatable bonds is 5. The predicted molar refractivity (Wildman–Crippen MR) is 157 cm³/mol. The SMILES string of the molecule is CC(=O)c1nn(CC(=O)N2[C@H](C(=O)Nc3nc(Br)ccc3C)C[C@@]3(C)C[C@@H]23)c2cc3c(cc12)-c1cnc(C)nc1OC3. The van der Waals surface area contributed by atoms with Crippen LogP contribution in [0.25, 0.3) is 22.0 Å². The molecule has 1 saturated carbocycles. The van der Waals surface area contributed by atoms with Crippen molar-refractivity contribution in [1.29, 1.82) is 0 Å². The number of nitrogens with zero attached hydrogens (tertiary/aromatic N) is 6. The summed E-state index contributed by atoms with van der Waals surface area (Å²) < 4.78 is 8.08. The number of nitrogens with one attached hydrogen (secondary N) is 1. The fourth-order valence-electron chi connectivity index (χ4n) is 6.31. The van der Waals surface area contributed by atoms with Crippen molar-refractivity contribution in [3.8, 4) is 17.0 Å². The van der Waals surface area contributed by atoms with Crippen LogP contribution >= 0.6 is 15.9 Å². The number of fused-ring (bicyclic) bond motifs is 5. The maximum Gasteiger partial charge on any atom is 0.248 e. The molecule has 1 saturated heterocycles. The van der Waals surface area contributed by atoms with Crippen LogP contribution in [-0.4, -0.2) is 59.3 Å². The number of piperidine rings is 1. The third kappa shape index (κ3) is 4.27. The van der Waals surface area contributed by atoms with Gasteiger partial charge in [-0.25, -0.2) is 9.97 Å². The van der Waals surface area contributed by atoms with Crippen LogP contribution in [0.4, 0.5) is 5.82 Å². The number of ether oxygens (including phenoxy) is 1. The van der Waals surface area contributed by atoms with Crippen molar-refractivity contribution >= 4 is 50.2 Å². The molecule has 2 amide bonds. The highest BCUT2D eigenvalue weighted by atomic mass is 79.9. The fraction of sp³-hybridized carbons (Fsp3) is 0.367. The Bertz CT molecular complexity index is 1850. The van der Waals surface area contributed by atoms with Crippen LogP contribution in [0.15, 0.2) is 35.1 Å². The Morgan fingerprint density at radius 1 is 1.14 bits per heavy atom. The Hall–Kier alpha value is -4.19. The Balaban J connectivity index is 1.22. The highest BCUT2D eigenvalue weighted by molar-refractivity contribution is 9.10. The van der Waals surface area contributed by atoms with Crippen LogP contribution in [0, 0.1) is 19.3 Å². The number of ketones is 1. The molecule has 5 heterocycles. The largest absolute Gasteiger partial charge is 0.472 e. The van der Waals surface area contributed by atoms with Crippen LogP contribution in [-0.2, 0) is 22.7 Å². The topological polar surface area (TPSA) is 132 Å². The lowest BCUT2D eigenvalue weighted by atomic mass is 9.97. The van der Waals surface area contributed by atoms with Crippen LogP contribution < -0.4 is 10.1 Å². The molecular weight excluding hydrogens is 602 g/mol. The third-order valence-electron chi connectivity index (χ3n) is 8.65. The number of likely N-dealkylation sites (tertiary alicyclic amines) is 1. The number of benzene rings is 1. The lowest BCUT2D eigenvalue weighted by molar-refractivity contribution is -0.138. The Morgan fingerprint density at radius 3 is 2.74 bits per heavy atom. The van der Waals surface area contributed by atoms with Gasteiger partial charge in [-0.05, 0) is 82.9 Å². The molecule has 1 N–H and O–H groups in total. The number of hydrogen-bond acceptors (Lipinski definition) is 8. The molecule has 3 atom stereocenters. The highest BCUT2D eigenvalue weighted by Gasteiger charge is 2.64. The second kappa shape index (κ2) is 9.41. The van der Waals surface area contributed by atoms with Crippen molar-refractivity contribution in [2.75, 3.05) is 5.32 Å². The Labute approximate surface area is 249 Å². The highest BCUT2D eigenvalue weighted by Crippen LogP contribution is 2.59. The average molecular weight is 631 g/mol. The van der Waals surface area contributed by atoms with Crippen molar-refractivity contribution in [2.24, 2.45) is 5.41 Å². The van der Waals surface area contributed by atoms with E-state index in [1.165, 1.54) is 6.92 Å². The summed E-state index contributed by atoms with van der Waals surface area (Å²) in [5.74, 6) is 0.887. The number of carbonyl (C=O) groups excluding carboxylic acids is 3. The first-order valence-corrected chi connectivity index (χ1v) is 14.6. The van der Waals surface area contributed by atoms with E-state index in [9.17, 15) is 14.4 Å². The quantitative estimate of drug-likeness (QED) is 0.254. The number of anilines is 1. The van der Waals surface area contributed by atoms with Crippen molar-refractivity contribution in [3.05, 3.63) is 57.7 Å². The normalized spacial score (nSPS) is 21.8. The number of pyridine rings is 1. The molecule has 0 radical (unpaired) electrons. The molecule has 0 spiro atoms. The van der Waals surface area contributed by atoms with Crippen LogP contribution in [0.5, 0.6) is 5.88 Å². The molecule has 42 heavy (non-hydrogen) atoms. The van der Waals surface area contributed by atoms with E-state index in [2.05, 4.69) is 48.2 Å². The lowest BCUT2D eigenvalue weighted by Gasteiger charge is -2.27. The molecule has 0 bridgehead atoms. The molecule has 11 nitrogen and oxygen atoms in total. The van der Waals surface area contributed by atoms with Gasteiger partial charge in [0.05, 0.1) is 11.1 Å². The van der Waals surface area contributed by atoms with Crippen molar-refractivity contribution in [3.63, 3.8) is 0 Å². The zero-order valence-electron chi connectivity index (χ0n) is 23.6. The van der Waals surface area contributed by atoms with E-state index < -0.39 is 6.04 Å². The van der Waals surface area contributed by atoms with E-state index in [4.69, 9.17) is 4.74 Å². The van der Waals surface area contributed by atoms with Crippen molar-refractivity contribution in [2.45, 2.75) is 65.8 Å². The van der Waals surface area contributed by atoms with Gasteiger partial charge in [-0.3, -0.25) is 19.1 Å². The molecule has 0 unspecified atom stereocenters. The van der Waals surface area contributed by atoms with Gasteiger partial charge < -0.3 is 15.0 Å². The van der Waals surface area contributed by atoms with Crippen molar-refractivity contribution in [1.82, 2.24) is 29.6 Å². The summed E-state index contributed by atoms with van der Waals surface area (Å²) in [6.45, 7) is 7.44. The van der Waals surface area contributed by atoms with Gasteiger partial charge in [0.15, 0.2) is 5.78 Å². The summed E-state index contributed by atoms with van der Waals surface area (Å²) in [6, 6.07) is 6.86. The molecule has 214 valence electrons. The van der Waals surface area contributed by atoms with Crippen LogP contribution in [0.3, 0.4) is 0 Å². The average Bonchev–Trinajstić information content (AvgIpc) is 3.32. The van der Waals surface area contributed by atoms with Crippen LogP contribution in [0.1, 0.15) is 54.1 Å². The molecule has 7 rings (SSSR count). The minimum atomic E-state index is -0.628. The molecule has 12 heteroatoms.